The van der Waals surface area contributed by atoms with Gasteiger partial charge in [-0.3, -0.25) is 4.68 Å². The molecule has 3 heterocycles. The molecule has 3 aromatic heterocycles. The van der Waals surface area contributed by atoms with E-state index in [9.17, 15) is 4.79 Å². The Kier molecular flexibility index (Phi) is 7.01. The van der Waals surface area contributed by atoms with Crippen LogP contribution in [0.3, 0.4) is 0 Å². The number of hydrogen-bond donors (Lipinski definition) is 1. The van der Waals surface area contributed by atoms with Crippen LogP contribution in [-0.4, -0.2) is 64.1 Å². The van der Waals surface area contributed by atoms with Crippen LogP contribution in [0.2, 0.25) is 0 Å². The molecular weight excluding hydrogens is 398 g/mol. The quantitative estimate of drug-likeness (QED) is 0.407. The summed E-state index contributed by atoms with van der Waals surface area (Å²) in [6.45, 7) is 9.37. The maximum atomic E-state index is 12.5. The molecule has 0 saturated heterocycles. The highest BCUT2D eigenvalue weighted by atomic mass is 16.5. The van der Waals surface area contributed by atoms with Crippen LogP contribution >= 0.6 is 0 Å². The maximum absolute atomic E-state index is 12.5. The van der Waals surface area contributed by atoms with Gasteiger partial charge in [-0.1, -0.05) is 6.07 Å². The summed E-state index contributed by atoms with van der Waals surface area (Å²) in [5.41, 5.74) is 2.00. The SMILES string of the molecule is CCOCCn1nc(C(=O)OC)c2nc(N(C)C(C)C)nc(Nc3cccc(C)n3)c21. The van der Waals surface area contributed by atoms with Crippen LogP contribution in [0.4, 0.5) is 17.6 Å². The number of nitrogens with zero attached hydrogens (tertiary/aromatic N) is 6. The molecule has 166 valence electrons. The third kappa shape index (κ3) is 4.91. The topological polar surface area (TPSA) is 107 Å². The van der Waals surface area contributed by atoms with Crippen LogP contribution in [0.5, 0.6) is 0 Å². The maximum Gasteiger partial charge on any atom is 0.360 e. The zero-order valence-electron chi connectivity index (χ0n) is 18.8. The molecule has 3 rings (SSSR count). The number of carbonyl (C=O) groups is 1. The van der Waals surface area contributed by atoms with E-state index in [0.717, 1.165) is 5.69 Å². The second-order valence-electron chi connectivity index (χ2n) is 7.32. The molecule has 31 heavy (non-hydrogen) atoms. The van der Waals surface area contributed by atoms with Crippen molar-refractivity contribution in [1.82, 2.24) is 24.7 Å². The molecule has 0 aliphatic carbocycles. The Hall–Kier alpha value is -3.27. The van der Waals surface area contributed by atoms with E-state index in [1.807, 2.05) is 57.8 Å². The number of fused-ring (bicyclic) bond motifs is 1. The number of carbonyl (C=O) groups excluding carboxylic acids is 1. The Morgan fingerprint density at radius 3 is 2.68 bits per heavy atom. The molecule has 0 fully saturated rings. The van der Waals surface area contributed by atoms with Crippen LogP contribution in [0.25, 0.3) is 11.0 Å². The summed E-state index contributed by atoms with van der Waals surface area (Å²) in [4.78, 5) is 28.3. The normalized spacial score (nSPS) is 11.2. The van der Waals surface area contributed by atoms with Crippen LogP contribution in [-0.2, 0) is 16.0 Å². The van der Waals surface area contributed by atoms with Crippen molar-refractivity contribution in [3.05, 3.63) is 29.6 Å². The van der Waals surface area contributed by atoms with Gasteiger partial charge in [0.2, 0.25) is 5.95 Å². The second-order valence-corrected chi connectivity index (χ2v) is 7.32. The van der Waals surface area contributed by atoms with Gasteiger partial charge in [0.05, 0.1) is 20.3 Å². The van der Waals surface area contributed by atoms with Gasteiger partial charge in [-0.2, -0.15) is 10.1 Å². The molecule has 3 aromatic rings. The smallest absolute Gasteiger partial charge is 0.360 e. The number of hydrogen-bond acceptors (Lipinski definition) is 9. The molecule has 10 nitrogen and oxygen atoms in total. The minimum absolute atomic E-state index is 0.134. The summed E-state index contributed by atoms with van der Waals surface area (Å²) >= 11 is 0. The molecule has 0 saturated carbocycles. The van der Waals surface area contributed by atoms with Crippen molar-refractivity contribution < 1.29 is 14.3 Å². The van der Waals surface area contributed by atoms with Gasteiger partial charge >= 0.3 is 5.97 Å². The van der Waals surface area contributed by atoms with Gasteiger partial charge in [0.1, 0.15) is 16.9 Å². The average Bonchev–Trinajstić information content (AvgIpc) is 3.11. The van der Waals surface area contributed by atoms with Crippen molar-refractivity contribution in [1.29, 1.82) is 0 Å². The average molecular weight is 428 g/mol. The Balaban J connectivity index is 2.22. The van der Waals surface area contributed by atoms with E-state index >= 15 is 0 Å². The number of aromatic nitrogens is 5. The molecule has 10 heteroatoms. The van der Waals surface area contributed by atoms with Crippen molar-refractivity contribution in [3.8, 4) is 0 Å². The van der Waals surface area contributed by atoms with Gasteiger partial charge in [-0.05, 0) is 39.8 Å². The number of esters is 1. The van der Waals surface area contributed by atoms with E-state index in [4.69, 9.17) is 14.5 Å². The molecule has 0 bridgehead atoms. The molecular formula is C21H29N7O3. The first-order chi connectivity index (χ1) is 14.8. The third-order valence-electron chi connectivity index (χ3n) is 4.83. The molecule has 0 aliphatic heterocycles. The molecule has 0 unspecified atom stereocenters. The standard InChI is InChI=1S/C21H29N7O3/c1-7-31-12-11-28-18-16(17(26-28)20(29)30-6)24-21(27(5)13(2)3)25-19(18)23-15-10-8-9-14(4)22-15/h8-10,13H,7,11-12H2,1-6H3,(H,22,23,24,25). The summed E-state index contributed by atoms with van der Waals surface area (Å²) in [6.07, 6.45) is 0. The minimum atomic E-state index is -0.559. The predicted molar refractivity (Wildman–Crippen MR) is 119 cm³/mol. The first-order valence-corrected chi connectivity index (χ1v) is 10.2. The van der Waals surface area contributed by atoms with Gasteiger partial charge in [-0.15, -0.1) is 0 Å². The largest absolute Gasteiger partial charge is 0.464 e. The van der Waals surface area contributed by atoms with E-state index in [2.05, 4.69) is 20.4 Å². The zero-order chi connectivity index (χ0) is 22.5. The van der Waals surface area contributed by atoms with Crippen molar-refractivity contribution in [2.24, 2.45) is 0 Å². The lowest BCUT2D eigenvalue weighted by atomic mass is 10.3. The summed E-state index contributed by atoms with van der Waals surface area (Å²) in [5, 5.41) is 7.76. The Morgan fingerprint density at radius 2 is 2.03 bits per heavy atom. The Bertz CT molecular complexity index is 1060. The van der Waals surface area contributed by atoms with E-state index in [1.165, 1.54) is 7.11 Å². The highest BCUT2D eigenvalue weighted by molar-refractivity contribution is 6.03. The summed E-state index contributed by atoms with van der Waals surface area (Å²) in [6, 6.07) is 5.84. The minimum Gasteiger partial charge on any atom is -0.464 e. The number of anilines is 3. The van der Waals surface area contributed by atoms with Crippen LogP contribution in [0.1, 0.15) is 37.0 Å². The molecule has 0 aromatic carbocycles. The van der Waals surface area contributed by atoms with Crippen molar-refractivity contribution in [2.75, 3.05) is 37.6 Å². The molecule has 0 radical (unpaired) electrons. The summed E-state index contributed by atoms with van der Waals surface area (Å²) in [7, 11) is 3.23. The van der Waals surface area contributed by atoms with Gasteiger partial charge in [-0.25, -0.2) is 14.8 Å². The lowest BCUT2D eigenvalue weighted by molar-refractivity contribution is 0.0594. The molecule has 0 aliphatic rings. The van der Waals surface area contributed by atoms with Crippen molar-refractivity contribution in [3.63, 3.8) is 0 Å². The van der Waals surface area contributed by atoms with Crippen LogP contribution in [0, 0.1) is 6.92 Å². The number of aryl methyl sites for hydroxylation is 1. The highest BCUT2D eigenvalue weighted by Gasteiger charge is 2.25. The summed E-state index contributed by atoms with van der Waals surface area (Å²) in [5.74, 6) is 1.05. The van der Waals surface area contributed by atoms with E-state index in [0.29, 0.717) is 48.4 Å². The summed E-state index contributed by atoms with van der Waals surface area (Å²) < 4.78 is 12.1. The van der Waals surface area contributed by atoms with Crippen molar-refractivity contribution in [2.45, 2.75) is 40.3 Å². The lowest BCUT2D eigenvalue weighted by Crippen LogP contribution is -2.28. The first kappa shape index (κ1) is 22.4. The number of ether oxygens (including phenoxy) is 2. The highest BCUT2D eigenvalue weighted by Crippen LogP contribution is 2.29. The van der Waals surface area contributed by atoms with E-state index in [-0.39, 0.29) is 11.7 Å². The number of pyridine rings is 1. The fourth-order valence-electron chi connectivity index (χ4n) is 2.97. The van der Waals surface area contributed by atoms with Gasteiger partial charge < -0.3 is 19.7 Å². The Labute approximate surface area is 181 Å². The fraction of sp³-hybridized carbons (Fsp3) is 0.476. The number of methoxy groups -OCH3 is 1. The molecule has 0 atom stereocenters. The Morgan fingerprint density at radius 1 is 1.26 bits per heavy atom. The molecule has 0 amide bonds. The zero-order valence-corrected chi connectivity index (χ0v) is 18.8. The van der Waals surface area contributed by atoms with Crippen LogP contribution in [0.15, 0.2) is 18.2 Å². The first-order valence-electron chi connectivity index (χ1n) is 10.2. The predicted octanol–water partition coefficient (Wildman–Crippen LogP) is 2.94. The fourth-order valence-corrected chi connectivity index (χ4v) is 2.97. The molecule has 1 N–H and O–H groups in total. The third-order valence-corrected chi connectivity index (χ3v) is 4.83. The molecule has 0 spiro atoms. The monoisotopic (exact) mass is 427 g/mol. The number of rotatable bonds is 9. The van der Waals surface area contributed by atoms with Crippen LogP contribution < -0.4 is 10.2 Å². The van der Waals surface area contributed by atoms with Gasteiger partial charge in [0.15, 0.2) is 11.5 Å². The van der Waals surface area contributed by atoms with Gasteiger partial charge in [0.25, 0.3) is 0 Å². The number of nitrogens with one attached hydrogen (secondary N) is 1. The van der Waals surface area contributed by atoms with Crippen molar-refractivity contribution >= 4 is 34.6 Å². The van der Waals surface area contributed by atoms with E-state index < -0.39 is 5.97 Å². The van der Waals surface area contributed by atoms with E-state index in [1.54, 1.807) is 4.68 Å². The van der Waals surface area contributed by atoms with Gasteiger partial charge in [0, 0.05) is 25.4 Å². The lowest BCUT2D eigenvalue weighted by Gasteiger charge is -2.22. The second kappa shape index (κ2) is 9.69.